The van der Waals surface area contributed by atoms with Crippen molar-refractivity contribution in [1.82, 2.24) is 30.0 Å². The smallest absolute Gasteiger partial charge is 0.222 e. The van der Waals surface area contributed by atoms with Crippen molar-refractivity contribution in [2.75, 3.05) is 26.2 Å². The van der Waals surface area contributed by atoms with Gasteiger partial charge in [0.1, 0.15) is 6.33 Å². The highest BCUT2D eigenvalue weighted by Gasteiger charge is 2.28. The van der Waals surface area contributed by atoms with E-state index in [-0.39, 0.29) is 5.91 Å². The van der Waals surface area contributed by atoms with Gasteiger partial charge < -0.3 is 4.90 Å². The van der Waals surface area contributed by atoms with Crippen LogP contribution < -0.4 is 0 Å². The number of aryl methyl sites for hydroxylation is 2. The number of piperazine rings is 1. The van der Waals surface area contributed by atoms with Crippen LogP contribution in [0.2, 0.25) is 0 Å². The molecule has 0 saturated carbocycles. The average molecular weight is 354 g/mol. The number of hydrogen-bond donors (Lipinski definition) is 0. The zero-order chi connectivity index (χ0) is 17.8. The Morgan fingerprint density at radius 3 is 2.69 bits per heavy atom. The highest BCUT2D eigenvalue weighted by Crippen LogP contribution is 2.25. The molecule has 138 valence electrons. The van der Waals surface area contributed by atoms with Gasteiger partial charge in [-0.1, -0.05) is 24.3 Å². The maximum Gasteiger partial charge on any atom is 0.222 e. The molecule has 2 aliphatic rings. The van der Waals surface area contributed by atoms with Gasteiger partial charge in [0, 0.05) is 45.2 Å². The van der Waals surface area contributed by atoms with Gasteiger partial charge in [-0.25, -0.2) is 4.68 Å². The minimum atomic E-state index is 0.256. The third kappa shape index (κ3) is 3.93. The van der Waals surface area contributed by atoms with Crippen molar-refractivity contribution in [2.45, 2.75) is 44.7 Å². The lowest BCUT2D eigenvalue weighted by molar-refractivity contribution is -0.133. The molecule has 1 aromatic heterocycles. The quantitative estimate of drug-likeness (QED) is 0.806. The summed E-state index contributed by atoms with van der Waals surface area (Å²) in [5.74, 6) is 0.256. The van der Waals surface area contributed by atoms with Gasteiger partial charge in [-0.2, -0.15) is 0 Å². The third-order valence-corrected chi connectivity index (χ3v) is 5.67. The molecule has 7 heteroatoms. The molecule has 1 aliphatic heterocycles. The van der Waals surface area contributed by atoms with Crippen molar-refractivity contribution < 1.29 is 4.79 Å². The maximum absolute atomic E-state index is 12.4. The van der Waals surface area contributed by atoms with E-state index < -0.39 is 0 Å². The SMILES string of the molecule is O=C(CCCn1cnnn1)N1CCN([C@@H]2CCc3ccccc3C2)CC1. The van der Waals surface area contributed by atoms with Crippen molar-refractivity contribution in [1.29, 1.82) is 0 Å². The molecular formula is C19H26N6O. The van der Waals surface area contributed by atoms with Crippen LogP contribution in [0, 0.1) is 0 Å². The minimum Gasteiger partial charge on any atom is -0.340 e. The second-order valence-corrected chi connectivity index (χ2v) is 7.26. The van der Waals surface area contributed by atoms with Crippen molar-refractivity contribution in [2.24, 2.45) is 0 Å². The molecule has 1 aliphatic carbocycles. The van der Waals surface area contributed by atoms with Gasteiger partial charge in [-0.05, 0) is 47.2 Å². The molecule has 1 atom stereocenters. The van der Waals surface area contributed by atoms with E-state index in [0.29, 0.717) is 19.0 Å². The summed E-state index contributed by atoms with van der Waals surface area (Å²) in [5.41, 5.74) is 3.02. The summed E-state index contributed by atoms with van der Waals surface area (Å²) in [6.07, 6.45) is 6.50. The molecular weight excluding hydrogens is 328 g/mol. The minimum absolute atomic E-state index is 0.256. The second-order valence-electron chi connectivity index (χ2n) is 7.26. The number of rotatable bonds is 5. The lowest BCUT2D eigenvalue weighted by atomic mass is 9.87. The molecule has 7 nitrogen and oxygen atoms in total. The zero-order valence-corrected chi connectivity index (χ0v) is 15.1. The first-order valence-electron chi connectivity index (χ1n) is 9.59. The summed E-state index contributed by atoms with van der Waals surface area (Å²) in [6, 6.07) is 9.45. The number of carbonyl (C=O) groups is 1. The van der Waals surface area contributed by atoms with Gasteiger partial charge in [0.15, 0.2) is 0 Å². The van der Waals surface area contributed by atoms with E-state index in [9.17, 15) is 4.79 Å². The molecule has 2 aromatic rings. The normalized spacial score (nSPS) is 20.8. The molecule has 0 N–H and O–H groups in total. The number of benzene rings is 1. The Bertz CT molecular complexity index is 723. The van der Waals surface area contributed by atoms with E-state index in [1.807, 2.05) is 4.90 Å². The van der Waals surface area contributed by atoms with Crippen molar-refractivity contribution in [3.63, 3.8) is 0 Å². The van der Waals surface area contributed by atoms with E-state index in [1.165, 1.54) is 24.0 Å². The summed E-state index contributed by atoms with van der Waals surface area (Å²) in [4.78, 5) is 17.0. The number of hydrogen-bond acceptors (Lipinski definition) is 5. The predicted molar refractivity (Wildman–Crippen MR) is 97.5 cm³/mol. The monoisotopic (exact) mass is 354 g/mol. The van der Waals surface area contributed by atoms with Gasteiger partial charge in [-0.15, -0.1) is 5.10 Å². The zero-order valence-electron chi connectivity index (χ0n) is 15.1. The molecule has 0 unspecified atom stereocenters. The Hall–Kier alpha value is -2.28. The number of amides is 1. The van der Waals surface area contributed by atoms with Gasteiger partial charge in [0.2, 0.25) is 5.91 Å². The van der Waals surface area contributed by atoms with E-state index in [2.05, 4.69) is 44.7 Å². The molecule has 0 bridgehead atoms. The van der Waals surface area contributed by atoms with Crippen LogP contribution in [0.1, 0.15) is 30.4 Å². The van der Waals surface area contributed by atoms with Crippen LogP contribution in [0.4, 0.5) is 0 Å². The summed E-state index contributed by atoms with van der Waals surface area (Å²) in [7, 11) is 0. The molecule has 2 heterocycles. The maximum atomic E-state index is 12.4. The Labute approximate surface area is 154 Å². The van der Waals surface area contributed by atoms with Gasteiger partial charge >= 0.3 is 0 Å². The van der Waals surface area contributed by atoms with E-state index in [1.54, 1.807) is 11.0 Å². The van der Waals surface area contributed by atoms with Crippen molar-refractivity contribution in [3.05, 3.63) is 41.7 Å². The van der Waals surface area contributed by atoms with Crippen LogP contribution >= 0.6 is 0 Å². The molecule has 0 spiro atoms. The summed E-state index contributed by atoms with van der Waals surface area (Å²) in [6.45, 7) is 4.38. The summed E-state index contributed by atoms with van der Waals surface area (Å²) >= 11 is 0. The Balaban J connectivity index is 1.22. The lowest BCUT2D eigenvalue weighted by Crippen LogP contribution is -2.53. The number of fused-ring (bicyclic) bond motifs is 1. The topological polar surface area (TPSA) is 67.2 Å². The third-order valence-electron chi connectivity index (χ3n) is 5.67. The van der Waals surface area contributed by atoms with Gasteiger partial charge in [0.25, 0.3) is 0 Å². The number of tetrazole rings is 1. The first-order valence-corrected chi connectivity index (χ1v) is 9.59. The number of aromatic nitrogens is 4. The average Bonchev–Trinajstić information content (AvgIpc) is 3.21. The van der Waals surface area contributed by atoms with Crippen LogP contribution in [-0.4, -0.2) is 68.1 Å². The van der Waals surface area contributed by atoms with Crippen LogP contribution in [0.15, 0.2) is 30.6 Å². The van der Waals surface area contributed by atoms with E-state index >= 15 is 0 Å². The fourth-order valence-electron chi connectivity index (χ4n) is 4.16. The highest BCUT2D eigenvalue weighted by molar-refractivity contribution is 5.76. The first-order chi connectivity index (χ1) is 12.8. The summed E-state index contributed by atoms with van der Waals surface area (Å²) < 4.78 is 1.67. The fourth-order valence-corrected chi connectivity index (χ4v) is 4.16. The molecule has 1 amide bonds. The standard InChI is InChI=1S/C19H26N6O/c26-19(6-3-9-25-15-20-21-22-25)24-12-10-23(11-13-24)18-8-7-16-4-1-2-5-17(16)14-18/h1-2,4-5,15,18H,3,6-14H2/t18-/m1/s1. The number of nitrogens with zero attached hydrogens (tertiary/aromatic N) is 6. The molecule has 1 fully saturated rings. The summed E-state index contributed by atoms with van der Waals surface area (Å²) in [5, 5.41) is 11.0. The van der Waals surface area contributed by atoms with Crippen molar-refractivity contribution >= 4 is 5.91 Å². The Morgan fingerprint density at radius 2 is 1.92 bits per heavy atom. The van der Waals surface area contributed by atoms with Crippen molar-refractivity contribution in [3.8, 4) is 0 Å². The van der Waals surface area contributed by atoms with Crippen LogP contribution in [-0.2, 0) is 24.2 Å². The largest absolute Gasteiger partial charge is 0.340 e. The van der Waals surface area contributed by atoms with E-state index in [4.69, 9.17) is 0 Å². The number of carbonyl (C=O) groups excluding carboxylic acids is 1. The highest BCUT2D eigenvalue weighted by atomic mass is 16.2. The van der Waals surface area contributed by atoms with Crippen LogP contribution in [0.25, 0.3) is 0 Å². The van der Waals surface area contributed by atoms with Gasteiger partial charge in [-0.3, -0.25) is 9.69 Å². The fraction of sp³-hybridized carbons (Fsp3) is 0.579. The molecule has 1 aromatic carbocycles. The Morgan fingerprint density at radius 1 is 1.12 bits per heavy atom. The second kappa shape index (κ2) is 7.95. The Kier molecular flexibility index (Phi) is 5.24. The van der Waals surface area contributed by atoms with Crippen LogP contribution in [0.3, 0.4) is 0 Å². The molecule has 0 radical (unpaired) electrons. The first kappa shape index (κ1) is 17.1. The molecule has 4 rings (SSSR count). The molecule has 1 saturated heterocycles. The predicted octanol–water partition coefficient (Wildman–Crippen LogP) is 1.16. The van der Waals surface area contributed by atoms with E-state index in [0.717, 1.165) is 39.0 Å². The molecule has 26 heavy (non-hydrogen) atoms. The lowest BCUT2D eigenvalue weighted by Gasteiger charge is -2.41. The van der Waals surface area contributed by atoms with Gasteiger partial charge in [0.05, 0.1) is 0 Å². The van der Waals surface area contributed by atoms with Crippen LogP contribution in [0.5, 0.6) is 0 Å².